The monoisotopic (exact) mass is 296 g/mol. The summed E-state index contributed by atoms with van der Waals surface area (Å²) in [5, 5.41) is 3.08. The number of hydrogen-bond acceptors (Lipinski definition) is 2. The van der Waals surface area contributed by atoms with Crippen molar-refractivity contribution in [2.24, 2.45) is 0 Å². The Labute approximate surface area is 133 Å². The zero-order chi connectivity index (χ0) is 15.9. The predicted octanol–water partition coefficient (Wildman–Crippen LogP) is 3.38. The lowest BCUT2D eigenvalue weighted by Crippen LogP contribution is -2.43. The van der Waals surface area contributed by atoms with Crippen molar-refractivity contribution >= 4 is 5.91 Å². The average Bonchev–Trinajstić information content (AvgIpc) is 2.55. The quantitative estimate of drug-likeness (QED) is 0.886. The average molecular weight is 296 g/mol. The van der Waals surface area contributed by atoms with Crippen molar-refractivity contribution in [3.05, 3.63) is 71.8 Å². The van der Waals surface area contributed by atoms with Crippen molar-refractivity contribution in [1.82, 2.24) is 10.2 Å². The van der Waals surface area contributed by atoms with Crippen LogP contribution in [0.15, 0.2) is 60.7 Å². The Morgan fingerprint density at radius 2 is 1.55 bits per heavy atom. The van der Waals surface area contributed by atoms with Gasteiger partial charge in [-0.15, -0.1) is 0 Å². The number of carbonyl (C=O) groups excluding carboxylic acids is 1. The first-order valence-corrected chi connectivity index (χ1v) is 7.67. The molecule has 0 saturated heterocycles. The summed E-state index contributed by atoms with van der Waals surface area (Å²) >= 11 is 0. The minimum absolute atomic E-state index is 0.0151. The molecule has 3 nitrogen and oxygen atoms in total. The predicted molar refractivity (Wildman–Crippen MR) is 90.4 cm³/mol. The van der Waals surface area contributed by atoms with Crippen LogP contribution in [-0.4, -0.2) is 23.9 Å². The van der Waals surface area contributed by atoms with E-state index in [-0.39, 0.29) is 18.0 Å². The molecule has 1 amide bonds. The zero-order valence-electron chi connectivity index (χ0n) is 13.5. The number of likely N-dealkylation sites (N-methyl/N-ethyl adjacent to an activating group) is 1. The number of nitrogens with zero attached hydrogens (tertiary/aromatic N) is 1. The van der Waals surface area contributed by atoms with Crippen LogP contribution in [0.5, 0.6) is 0 Å². The molecule has 0 aliphatic heterocycles. The van der Waals surface area contributed by atoms with Crippen LogP contribution >= 0.6 is 0 Å². The van der Waals surface area contributed by atoms with Gasteiger partial charge in [-0.3, -0.25) is 9.69 Å². The molecule has 2 aromatic rings. The highest BCUT2D eigenvalue weighted by atomic mass is 16.2. The summed E-state index contributed by atoms with van der Waals surface area (Å²) in [7, 11) is 1.98. The smallest absolute Gasteiger partial charge is 0.237 e. The SMILES string of the molecule is CC(NC(=O)C(C)N(C)Cc1ccccc1)c1ccccc1. The summed E-state index contributed by atoms with van der Waals surface area (Å²) in [5.74, 6) is 0.0507. The van der Waals surface area contributed by atoms with Gasteiger partial charge in [-0.05, 0) is 32.0 Å². The maximum Gasteiger partial charge on any atom is 0.237 e. The lowest BCUT2D eigenvalue weighted by Gasteiger charge is -2.25. The summed E-state index contributed by atoms with van der Waals surface area (Å²) in [6.45, 7) is 4.71. The van der Waals surface area contributed by atoms with Crippen LogP contribution in [0.4, 0.5) is 0 Å². The summed E-state index contributed by atoms with van der Waals surface area (Å²) in [6.07, 6.45) is 0. The van der Waals surface area contributed by atoms with E-state index in [0.29, 0.717) is 0 Å². The number of rotatable bonds is 6. The molecule has 2 aromatic carbocycles. The minimum atomic E-state index is -0.175. The molecule has 0 fully saturated rings. The molecule has 3 heteroatoms. The van der Waals surface area contributed by atoms with Crippen molar-refractivity contribution < 1.29 is 4.79 Å². The van der Waals surface area contributed by atoms with E-state index in [0.717, 1.165) is 12.1 Å². The Morgan fingerprint density at radius 3 is 2.14 bits per heavy atom. The van der Waals surface area contributed by atoms with Crippen LogP contribution in [0.3, 0.4) is 0 Å². The van der Waals surface area contributed by atoms with Gasteiger partial charge >= 0.3 is 0 Å². The fraction of sp³-hybridized carbons (Fsp3) is 0.316. The van der Waals surface area contributed by atoms with Gasteiger partial charge in [0.25, 0.3) is 0 Å². The van der Waals surface area contributed by atoms with Crippen LogP contribution in [0.1, 0.15) is 31.0 Å². The van der Waals surface area contributed by atoms with Crippen LogP contribution in [0.25, 0.3) is 0 Å². The van der Waals surface area contributed by atoms with Crippen molar-refractivity contribution in [3.63, 3.8) is 0 Å². The Balaban J connectivity index is 1.91. The number of carbonyl (C=O) groups is 1. The van der Waals surface area contributed by atoms with E-state index in [1.807, 2.05) is 69.4 Å². The fourth-order valence-corrected chi connectivity index (χ4v) is 2.37. The molecule has 0 bridgehead atoms. The van der Waals surface area contributed by atoms with Crippen LogP contribution in [0.2, 0.25) is 0 Å². The summed E-state index contributed by atoms with van der Waals surface area (Å²) in [4.78, 5) is 14.5. The molecule has 1 N–H and O–H groups in total. The Bertz CT molecular complexity index is 583. The Morgan fingerprint density at radius 1 is 1.00 bits per heavy atom. The molecule has 22 heavy (non-hydrogen) atoms. The standard InChI is InChI=1S/C19H24N2O/c1-15(18-12-8-5-9-13-18)20-19(22)16(2)21(3)14-17-10-6-4-7-11-17/h4-13,15-16H,14H2,1-3H3,(H,20,22). The van der Waals surface area contributed by atoms with Crippen LogP contribution in [-0.2, 0) is 11.3 Å². The van der Waals surface area contributed by atoms with Gasteiger partial charge in [0, 0.05) is 6.54 Å². The highest BCUT2D eigenvalue weighted by Crippen LogP contribution is 2.12. The first kappa shape index (κ1) is 16.2. The van der Waals surface area contributed by atoms with E-state index >= 15 is 0 Å². The number of nitrogens with one attached hydrogen (secondary N) is 1. The summed E-state index contributed by atoms with van der Waals surface area (Å²) < 4.78 is 0. The maximum absolute atomic E-state index is 12.4. The van der Waals surface area contributed by atoms with Gasteiger partial charge in [0.15, 0.2) is 0 Å². The molecule has 2 unspecified atom stereocenters. The zero-order valence-corrected chi connectivity index (χ0v) is 13.5. The van der Waals surface area contributed by atoms with Gasteiger partial charge in [-0.2, -0.15) is 0 Å². The van der Waals surface area contributed by atoms with E-state index in [2.05, 4.69) is 22.3 Å². The molecule has 0 saturated carbocycles. The molecule has 116 valence electrons. The van der Waals surface area contributed by atoms with Crippen molar-refractivity contribution in [1.29, 1.82) is 0 Å². The van der Waals surface area contributed by atoms with Crippen molar-refractivity contribution in [3.8, 4) is 0 Å². The largest absolute Gasteiger partial charge is 0.348 e. The van der Waals surface area contributed by atoms with Crippen LogP contribution < -0.4 is 5.32 Å². The number of amides is 1. The third kappa shape index (κ3) is 4.43. The number of hydrogen-bond donors (Lipinski definition) is 1. The molecule has 2 atom stereocenters. The van der Waals surface area contributed by atoms with Crippen LogP contribution in [0, 0.1) is 0 Å². The van der Waals surface area contributed by atoms with E-state index in [4.69, 9.17) is 0 Å². The van der Waals surface area contributed by atoms with Gasteiger partial charge in [0.05, 0.1) is 12.1 Å². The molecule has 0 radical (unpaired) electrons. The van der Waals surface area contributed by atoms with E-state index in [1.165, 1.54) is 5.56 Å². The highest BCUT2D eigenvalue weighted by molar-refractivity contribution is 5.81. The highest BCUT2D eigenvalue weighted by Gasteiger charge is 2.20. The topological polar surface area (TPSA) is 32.3 Å². The lowest BCUT2D eigenvalue weighted by atomic mass is 10.1. The molecular weight excluding hydrogens is 272 g/mol. The van der Waals surface area contributed by atoms with Gasteiger partial charge < -0.3 is 5.32 Å². The second-order valence-corrected chi connectivity index (χ2v) is 5.72. The number of benzene rings is 2. The normalized spacial score (nSPS) is 13.6. The van der Waals surface area contributed by atoms with E-state index in [9.17, 15) is 4.79 Å². The molecular formula is C19H24N2O. The second-order valence-electron chi connectivity index (χ2n) is 5.72. The summed E-state index contributed by atoms with van der Waals surface area (Å²) in [5.41, 5.74) is 2.33. The molecule has 0 aliphatic carbocycles. The van der Waals surface area contributed by atoms with E-state index < -0.39 is 0 Å². The van der Waals surface area contributed by atoms with Gasteiger partial charge in [0.1, 0.15) is 0 Å². The van der Waals surface area contributed by atoms with Gasteiger partial charge in [0.2, 0.25) is 5.91 Å². The molecule has 0 heterocycles. The third-order valence-electron chi connectivity index (χ3n) is 3.97. The third-order valence-corrected chi connectivity index (χ3v) is 3.97. The first-order chi connectivity index (χ1) is 10.6. The minimum Gasteiger partial charge on any atom is -0.348 e. The van der Waals surface area contributed by atoms with Gasteiger partial charge in [-0.25, -0.2) is 0 Å². The first-order valence-electron chi connectivity index (χ1n) is 7.67. The Kier molecular flexibility index (Phi) is 5.73. The lowest BCUT2D eigenvalue weighted by molar-refractivity contribution is -0.126. The second kappa shape index (κ2) is 7.76. The fourth-order valence-electron chi connectivity index (χ4n) is 2.37. The van der Waals surface area contributed by atoms with Crippen molar-refractivity contribution in [2.45, 2.75) is 32.5 Å². The molecule has 0 spiro atoms. The van der Waals surface area contributed by atoms with Crippen molar-refractivity contribution in [2.75, 3.05) is 7.05 Å². The summed E-state index contributed by atoms with van der Waals surface area (Å²) in [6, 6.07) is 20.1. The Hall–Kier alpha value is -2.13. The van der Waals surface area contributed by atoms with E-state index in [1.54, 1.807) is 0 Å². The van der Waals surface area contributed by atoms with Gasteiger partial charge in [-0.1, -0.05) is 60.7 Å². The maximum atomic E-state index is 12.4. The molecule has 0 aromatic heterocycles. The molecule has 2 rings (SSSR count). The molecule has 0 aliphatic rings.